The van der Waals surface area contributed by atoms with E-state index in [9.17, 15) is 34.2 Å². The smallest absolute Gasteiger partial charge is 0.271 e. The quantitative estimate of drug-likeness (QED) is 0.204. The highest BCUT2D eigenvalue weighted by atomic mass is 16.5. The maximum atomic E-state index is 13.6. The number of aromatic nitrogens is 2. The second-order valence-electron chi connectivity index (χ2n) is 13.3. The molecule has 0 fully saturated rings. The third kappa shape index (κ3) is 11.8. The predicted molar refractivity (Wildman–Crippen MR) is 192 cm³/mol. The van der Waals surface area contributed by atoms with E-state index in [0.717, 1.165) is 0 Å². The van der Waals surface area contributed by atoms with Gasteiger partial charge < -0.3 is 41.1 Å². The number of aromatic hydroxyl groups is 1. The zero-order valence-corrected chi connectivity index (χ0v) is 29.8. The number of nitrogens with one attached hydrogen (secondary N) is 5. The number of H-pyrrole nitrogens is 1. The minimum Gasteiger partial charge on any atom is -0.507 e. The van der Waals surface area contributed by atoms with Crippen molar-refractivity contribution in [3.8, 4) is 22.8 Å². The van der Waals surface area contributed by atoms with E-state index in [-0.39, 0.29) is 55.3 Å². The summed E-state index contributed by atoms with van der Waals surface area (Å²) in [7, 11) is 0. The Bertz CT molecular complexity index is 1690. The molecule has 1 aromatic heterocycles. The molecule has 5 amide bonds. The van der Waals surface area contributed by atoms with Crippen LogP contribution in [0.15, 0.2) is 54.6 Å². The number of fused-ring (bicyclic) bond motifs is 2. The summed E-state index contributed by atoms with van der Waals surface area (Å²) in [6.45, 7) is 6.05. The summed E-state index contributed by atoms with van der Waals surface area (Å²) < 4.78 is 5.67. The fourth-order valence-corrected chi connectivity index (χ4v) is 5.73. The first-order chi connectivity index (χ1) is 24.9. The molecule has 7 N–H and O–H groups in total. The number of amides is 5. The lowest BCUT2D eigenvalue weighted by Crippen LogP contribution is -2.57. The van der Waals surface area contributed by atoms with E-state index >= 15 is 0 Å². The average molecular weight is 720 g/mol. The molecule has 15 heteroatoms. The Kier molecular flexibility index (Phi) is 14.6. The van der Waals surface area contributed by atoms with E-state index in [0.29, 0.717) is 61.3 Å². The van der Waals surface area contributed by atoms with Crippen molar-refractivity contribution in [2.75, 3.05) is 32.8 Å². The number of aromatic amines is 1. The second-order valence-corrected chi connectivity index (χ2v) is 13.3. The van der Waals surface area contributed by atoms with Crippen molar-refractivity contribution in [1.82, 2.24) is 36.4 Å². The Hall–Kier alpha value is -5.44. The molecule has 0 aliphatic carbocycles. The summed E-state index contributed by atoms with van der Waals surface area (Å²) in [5, 5.41) is 38.6. The maximum absolute atomic E-state index is 13.6. The van der Waals surface area contributed by atoms with Gasteiger partial charge in [-0.3, -0.25) is 29.1 Å². The molecule has 1 aliphatic heterocycles. The Morgan fingerprint density at radius 3 is 2.40 bits per heavy atom. The molecule has 2 aromatic carbocycles. The Labute approximate surface area is 302 Å². The molecule has 1 aliphatic rings. The molecule has 0 radical (unpaired) electrons. The highest BCUT2D eigenvalue weighted by Gasteiger charge is 2.30. The van der Waals surface area contributed by atoms with Gasteiger partial charge in [-0.05, 0) is 74.4 Å². The van der Waals surface area contributed by atoms with Gasteiger partial charge in [-0.25, -0.2) is 0 Å². The largest absolute Gasteiger partial charge is 0.507 e. The van der Waals surface area contributed by atoms with E-state index in [1.807, 2.05) is 13.8 Å². The number of aliphatic hydroxyl groups is 1. The number of carbonyl (C=O) groups is 5. The zero-order valence-electron chi connectivity index (χ0n) is 29.8. The van der Waals surface area contributed by atoms with Crippen LogP contribution in [0.5, 0.6) is 11.5 Å². The standard InChI is InChI=1S/C37H49N7O8/c1-23(2)18-29-35(49)41-34(24(3)45)36(50)39-14-6-7-16-44(37(51)30-21-28(42-43-30)27-12-4-5-13-31(27)46)17-9-15-38-33(48)22-52-26-11-8-10-25(19-26)20-32(47)40-29/h4-5,8,10-13,19,21,23-24,29,34,45-46H,6-7,9,14-18,20,22H2,1-3H3,(H,38,48)(H,39,50)(H,40,47)(H,41,49)(H,42,43)/t24-,29-,34+/m1/s1. The van der Waals surface area contributed by atoms with E-state index in [1.165, 1.54) is 13.0 Å². The number of phenolic OH excluding ortho intramolecular Hbond substituents is 1. The van der Waals surface area contributed by atoms with Gasteiger partial charge in [0.2, 0.25) is 17.7 Å². The van der Waals surface area contributed by atoms with Crippen LogP contribution in [-0.4, -0.2) is 106 Å². The number of aliphatic hydroxyl groups excluding tert-OH is 1. The van der Waals surface area contributed by atoms with E-state index in [2.05, 4.69) is 31.5 Å². The minimum absolute atomic E-state index is 0.0297. The van der Waals surface area contributed by atoms with Crippen LogP contribution in [0.2, 0.25) is 0 Å². The third-order valence-corrected chi connectivity index (χ3v) is 8.41. The van der Waals surface area contributed by atoms with Gasteiger partial charge in [-0.15, -0.1) is 0 Å². The van der Waals surface area contributed by atoms with Crippen LogP contribution in [0.3, 0.4) is 0 Å². The lowest BCUT2D eigenvalue weighted by atomic mass is 10.0. The first-order valence-corrected chi connectivity index (χ1v) is 17.6. The Balaban J connectivity index is 1.49. The first-order valence-electron chi connectivity index (χ1n) is 17.6. The van der Waals surface area contributed by atoms with Crippen molar-refractivity contribution in [3.63, 3.8) is 0 Å². The van der Waals surface area contributed by atoms with Gasteiger partial charge in [-0.2, -0.15) is 5.10 Å². The number of benzene rings is 2. The summed E-state index contributed by atoms with van der Waals surface area (Å²) in [5.74, 6) is -1.83. The number of hydrogen-bond acceptors (Lipinski definition) is 9. The van der Waals surface area contributed by atoms with Crippen molar-refractivity contribution in [2.45, 2.75) is 71.1 Å². The number of para-hydroxylation sites is 1. The predicted octanol–water partition coefficient (Wildman–Crippen LogP) is 1.66. The SMILES string of the molecule is CC(C)C[C@H]1NC(=O)Cc2cccc(c2)OCC(=O)NCCCN(C(=O)c2cc(-c3ccccc3O)n[nH]2)CCCCNC(=O)[C@H]([C@@H](C)O)NC1=O. The highest BCUT2D eigenvalue weighted by Crippen LogP contribution is 2.27. The van der Waals surface area contributed by atoms with Gasteiger partial charge in [0.25, 0.3) is 11.8 Å². The zero-order chi connectivity index (χ0) is 37.6. The second kappa shape index (κ2) is 19.2. The molecule has 0 spiro atoms. The van der Waals surface area contributed by atoms with Gasteiger partial charge in [0.15, 0.2) is 6.61 Å². The topological polar surface area (TPSA) is 215 Å². The lowest BCUT2D eigenvalue weighted by Gasteiger charge is -2.26. The summed E-state index contributed by atoms with van der Waals surface area (Å²) in [4.78, 5) is 67.3. The monoisotopic (exact) mass is 719 g/mol. The van der Waals surface area contributed by atoms with Crippen molar-refractivity contribution in [3.05, 3.63) is 65.9 Å². The summed E-state index contributed by atoms with van der Waals surface area (Å²) in [6.07, 6.45) is 0.435. The fraction of sp³-hybridized carbons (Fsp3) is 0.459. The number of rotatable bonds is 5. The van der Waals surface area contributed by atoms with Gasteiger partial charge in [0.05, 0.1) is 18.2 Å². The normalized spacial score (nSPS) is 19.7. The Morgan fingerprint density at radius 1 is 0.904 bits per heavy atom. The molecule has 2 bridgehead atoms. The highest BCUT2D eigenvalue weighted by molar-refractivity contribution is 5.94. The molecular weight excluding hydrogens is 670 g/mol. The van der Waals surface area contributed by atoms with Crippen molar-refractivity contribution < 1.29 is 38.9 Å². The first kappa shape index (κ1) is 39.3. The molecule has 2 heterocycles. The molecule has 3 aromatic rings. The molecule has 0 unspecified atom stereocenters. The van der Waals surface area contributed by atoms with Crippen molar-refractivity contribution >= 4 is 29.5 Å². The van der Waals surface area contributed by atoms with Crippen LogP contribution in [-0.2, 0) is 25.6 Å². The summed E-state index contributed by atoms with van der Waals surface area (Å²) >= 11 is 0. The van der Waals surface area contributed by atoms with Crippen LogP contribution < -0.4 is 26.0 Å². The lowest BCUT2D eigenvalue weighted by molar-refractivity contribution is -0.134. The molecule has 280 valence electrons. The molecule has 0 saturated carbocycles. The average Bonchev–Trinajstić information content (AvgIpc) is 3.59. The molecule has 0 saturated heterocycles. The molecule has 15 nitrogen and oxygen atoms in total. The van der Waals surface area contributed by atoms with Crippen LogP contribution in [0.1, 0.15) is 62.5 Å². The van der Waals surface area contributed by atoms with Crippen LogP contribution in [0.4, 0.5) is 0 Å². The fourth-order valence-electron chi connectivity index (χ4n) is 5.73. The van der Waals surface area contributed by atoms with Gasteiger partial charge in [-0.1, -0.05) is 38.1 Å². The maximum Gasteiger partial charge on any atom is 0.271 e. The molecule has 52 heavy (non-hydrogen) atoms. The van der Waals surface area contributed by atoms with Crippen LogP contribution in [0.25, 0.3) is 11.3 Å². The summed E-state index contributed by atoms with van der Waals surface area (Å²) in [5.41, 5.74) is 1.71. The molecule has 4 rings (SSSR count). The van der Waals surface area contributed by atoms with Gasteiger partial charge in [0.1, 0.15) is 29.3 Å². The van der Waals surface area contributed by atoms with Crippen LogP contribution in [0, 0.1) is 5.92 Å². The molecule has 3 atom stereocenters. The number of ether oxygens (including phenoxy) is 1. The van der Waals surface area contributed by atoms with Gasteiger partial charge >= 0.3 is 0 Å². The van der Waals surface area contributed by atoms with Crippen molar-refractivity contribution in [2.24, 2.45) is 5.92 Å². The number of phenols is 1. The van der Waals surface area contributed by atoms with E-state index in [4.69, 9.17) is 4.74 Å². The third-order valence-electron chi connectivity index (χ3n) is 8.41. The van der Waals surface area contributed by atoms with Gasteiger partial charge in [0, 0.05) is 31.7 Å². The minimum atomic E-state index is -1.26. The molecular formula is C37H49N7O8. The Morgan fingerprint density at radius 2 is 1.65 bits per heavy atom. The number of hydrogen-bond donors (Lipinski definition) is 7. The van der Waals surface area contributed by atoms with Crippen LogP contribution >= 0.6 is 0 Å². The summed E-state index contributed by atoms with van der Waals surface area (Å²) in [6, 6.07) is 12.8. The number of nitrogens with zero attached hydrogens (tertiary/aromatic N) is 2. The number of carbonyl (C=O) groups excluding carboxylic acids is 5. The van der Waals surface area contributed by atoms with E-state index < -0.39 is 35.9 Å². The van der Waals surface area contributed by atoms with Crippen molar-refractivity contribution in [1.29, 1.82) is 0 Å². The van der Waals surface area contributed by atoms with E-state index in [1.54, 1.807) is 53.4 Å².